The Morgan fingerprint density at radius 2 is 2.06 bits per heavy atom. The summed E-state index contributed by atoms with van der Waals surface area (Å²) < 4.78 is 1.11. The summed E-state index contributed by atoms with van der Waals surface area (Å²) in [5.74, 6) is 0. The van der Waals surface area contributed by atoms with E-state index in [1.807, 2.05) is 30.3 Å². The predicted molar refractivity (Wildman–Crippen MR) is 66.8 cm³/mol. The molecule has 5 heteroatoms. The van der Waals surface area contributed by atoms with Crippen molar-refractivity contribution in [3.63, 3.8) is 0 Å². The molecule has 0 saturated heterocycles. The number of hydrogen-bond acceptors (Lipinski definition) is 3. The van der Waals surface area contributed by atoms with Gasteiger partial charge in [0.25, 0.3) is 0 Å². The minimum Gasteiger partial charge on any atom is -0.350 e. The summed E-state index contributed by atoms with van der Waals surface area (Å²) in [7, 11) is 0. The minimum atomic E-state index is -0.633. The highest BCUT2D eigenvalue weighted by atomic mass is 16.2. The number of hydrogen-bond donors (Lipinski definition) is 1. The van der Waals surface area contributed by atoms with Gasteiger partial charge in [0.2, 0.25) is 0 Å². The molecule has 1 radical (unpaired) electrons. The van der Waals surface area contributed by atoms with Crippen molar-refractivity contribution in [2.45, 2.75) is 0 Å². The maximum absolute atomic E-state index is 11.2. The van der Waals surface area contributed by atoms with Gasteiger partial charge in [0.15, 0.2) is 0 Å². The van der Waals surface area contributed by atoms with Crippen LogP contribution < -0.4 is 5.73 Å². The van der Waals surface area contributed by atoms with E-state index < -0.39 is 6.03 Å². The highest BCUT2D eigenvalue weighted by Crippen LogP contribution is 2.21. The molecule has 1 amide bonds. The van der Waals surface area contributed by atoms with E-state index in [1.54, 1.807) is 12.3 Å². The Morgan fingerprint density at radius 3 is 2.78 bits per heavy atom. The molecule has 0 bridgehead atoms. The fraction of sp³-hybridized carbons (Fsp3) is 0. The van der Waals surface area contributed by atoms with Crippen LogP contribution in [-0.4, -0.2) is 20.8 Å². The number of primary amides is 1. The molecule has 3 aromatic rings. The normalized spacial score (nSPS) is 10.7. The van der Waals surface area contributed by atoms with Crippen molar-refractivity contribution in [2.24, 2.45) is 5.73 Å². The van der Waals surface area contributed by atoms with E-state index >= 15 is 0 Å². The lowest BCUT2D eigenvalue weighted by molar-refractivity contribution is 0.248. The van der Waals surface area contributed by atoms with Crippen LogP contribution in [0, 0.1) is 6.20 Å². The van der Waals surface area contributed by atoms with Gasteiger partial charge in [-0.25, -0.2) is 4.79 Å². The minimum absolute atomic E-state index is 0.608. The lowest BCUT2D eigenvalue weighted by Gasteiger charge is -2.01. The van der Waals surface area contributed by atoms with Gasteiger partial charge in [-0.05, 0) is 6.07 Å². The SMILES string of the molecule is NC(=O)n1n[c]c2cnc(-c3ccccc3)cc21. The molecule has 0 aliphatic carbocycles. The summed E-state index contributed by atoms with van der Waals surface area (Å²) in [5.41, 5.74) is 7.57. The third kappa shape index (κ3) is 1.62. The van der Waals surface area contributed by atoms with Crippen LogP contribution in [0.5, 0.6) is 0 Å². The van der Waals surface area contributed by atoms with E-state index in [2.05, 4.69) is 16.3 Å². The summed E-state index contributed by atoms with van der Waals surface area (Å²) in [6.45, 7) is 0. The third-order valence-electron chi connectivity index (χ3n) is 2.66. The number of carbonyl (C=O) groups is 1. The van der Waals surface area contributed by atoms with Crippen LogP contribution in [0.1, 0.15) is 0 Å². The summed E-state index contributed by atoms with van der Waals surface area (Å²) in [4.78, 5) is 15.5. The number of aromatic nitrogens is 3. The quantitative estimate of drug-likeness (QED) is 0.701. The lowest BCUT2D eigenvalue weighted by Crippen LogP contribution is -2.20. The smallest absolute Gasteiger partial charge is 0.340 e. The van der Waals surface area contributed by atoms with Crippen LogP contribution >= 0.6 is 0 Å². The maximum atomic E-state index is 11.2. The Bertz CT molecular complexity index is 718. The van der Waals surface area contributed by atoms with Gasteiger partial charge in [0, 0.05) is 17.1 Å². The number of fused-ring (bicyclic) bond motifs is 1. The standard InChI is InChI=1S/C13H9N4O/c14-13(18)17-12-6-11(9-4-2-1-3-5-9)15-7-10(12)8-16-17/h1-7H,(H2,14,18). The molecule has 0 unspecified atom stereocenters. The van der Waals surface area contributed by atoms with Crippen molar-refractivity contribution in [3.05, 3.63) is 48.8 Å². The molecule has 0 atom stereocenters. The van der Waals surface area contributed by atoms with E-state index in [1.165, 1.54) is 0 Å². The second-order valence-corrected chi connectivity index (χ2v) is 3.81. The average Bonchev–Trinajstić information content (AvgIpc) is 2.82. The molecule has 2 N–H and O–H groups in total. The first-order chi connectivity index (χ1) is 8.75. The number of nitrogens with zero attached hydrogens (tertiary/aromatic N) is 3. The third-order valence-corrected chi connectivity index (χ3v) is 2.66. The van der Waals surface area contributed by atoms with Crippen LogP contribution in [0.4, 0.5) is 4.79 Å². The van der Waals surface area contributed by atoms with Gasteiger partial charge >= 0.3 is 6.03 Å². The number of rotatable bonds is 1. The summed E-state index contributed by atoms with van der Waals surface area (Å²) in [5, 5.41) is 4.47. The molecule has 0 fully saturated rings. The number of pyridine rings is 1. The van der Waals surface area contributed by atoms with E-state index in [-0.39, 0.29) is 0 Å². The Morgan fingerprint density at radius 1 is 1.28 bits per heavy atom. The van der Waals surface area contributed by atoms with Crippen molar-refractivity contribution >= 4 is 16.9 Å². The molecule has 2 aromatic heterocycles. The van der Waals surface area contributed by atoms with Crippen molar-refractivity contribution in [2.75, 3.05) is 0 Å². The largest absolute Gasteiger partial charge is 0.350 e. The zero-order chi connectivity index (χ0) is 12.5. The highest BCUT2D eigenvalue weighted by molar-refractivity contribution is 5.90. The monoisotopic (exact) mass is 237 g/mol. The zero-order valence-electron chi connectivity index (χ0n) is 9.37. The molecule has 2 heterocycles. The van der Waals surface area contributed by atoms with Crippen molar-refractivity contribution < 1.29 is 4.79 Å². The van der Waals surface area contributed by atoms with Crippen LogP contribution in [0.15, 0.2) is 42.6 Å². The second kappa shape index (κ2) is 3.96. The van der Waals surface area contributed by atoms with E-state index in [9.17, 15) is 4.79 Å². The van der Waals surface area contributed by atoms with E-state index in [4.69, 9.17) is 5.73 Å². The molecule has 0 spiro atoms. The maximum Gasteiger partial charge on any atom is 0.340 e. The zero-order valence-corrected chi connectivity index (χ0v) is 9.37. The van der Waals surface area contributed by atoms with Crippen molar-refractivity contribution in [1.82, 2.24) is 14.8 Å². The van der Waals surface area contributed by atoms with E-state index in [0.717, 1.165) is 15.9 Å². The van der Waals surface area contributed by atoms with Crippen LogP contribution in [-0.2, 0) is 0 Å². The Hall–Kier alpha value is -2.69. The average molecular weight is 237 g/mol. The van der Waals surface area contributed by atoms with Gasteiger partial charge in [-0.3, -0.25) is 4.98 Å². The number of carbonyl (C=O) groups excluding carboxylic acids is 1. The summed E-state index contributed by atoms with van der Waals surface area (Å²) in [6.07, 6.45) is 4.33. The number of nitrogens with two attached hydrogens (primary N) is 1. The van der Waals surface area contributed by atoms with Crippen LogP contribution in [0.2, 0.25) is 0 Å². The fourth-order valence-electron chi connectivity index (χ4n) is 1.80. The van der Waals surface area contributed by atoms with Crippen molar-refractivity contribution in [1.29, 1.82) is 0 Å². The Labute approximate surface area is 103 Å². The van der Waals surface area contributed by atoms with Crippen LogP contribution in [0.3, 0.4) is 0 Å². The molecule has 5 nitrogen and oxygen atoms in total. The second-order valence-electron chi connectivity index (χ2n) is 3.81. The summed E-state index contributed by atoms with van der Waals surface area (Å²) >= 11 is 0. The van der Waals surface area contributed by atoms with Crippen molar-refractivity contribution in [3.8, 4) is 11.3 Å². The molecular formula is C13H9N4O. The molecule has 0 saturated carbocycles. The van der Waals surface area contributed by atoms with Gasteiger partial charge in [-0.15, -0.1) is 0 Å². The molecular weight excluding hydrogens is 228 g/mol. The molecule has 1 aromatic carbocycles. The Balaban J connectivity index is 2.21. The first-order valence-electron chi connectivity index (χ1n) is 5.37. The molecule has 0 aliphatic heterocycles. The lowest BCUT2D eigenvalue weighted by atomic mass is 10.1. The molecule has 3 rings (SSSR count). The fourth-order valence-corrected chi connectivity index (χ4v) is 1.80. The van der Waals surface area contributed by atoms with Gasteiger partial charge in [0.1, 0.15) is 6.20 Å². The highest BCUT2D eigenvalue weighted by Gasteiger charge is 2.09. The van der Waals surface area contributed by atoms with Gasteiger partial charge in [-0.2, -0.15) is 9.78 Å². The predicted octanol–water partition coefficient (Wildman–Crippen LogP) is 1.83. The van der Waals surface area contributed by atoms with Gasteiger partial charge in [0.05, 0.1) is 11.2 Å². The van der Waals surface area contributed by atoms with E-state index in [0.29, 0.717) is 10.9 Å². The molecule has 18 heavy (non-hydrogen) atoms. The van der Waals surface area contributed by atoms with Crippen LogP contribution in [0.25, 0.3) is 22.2 Å². The number of benzene rings is 1. The molecule has 87 valence electrons. The van der Waals surface area contributed by atoms with Gasteiger partial charge < -0.3 is 5.73 Å². The van der Waals surface area contributed by atoms with Gasteiger partial charge in [-0.1, -0.05) is 30.3 Å². The number of amides is 1. The first-order valence-corrected chi connectivity index (χ1v) is 5.37. The molecule has 0 aliphatic rings. The summed E-state index contributed by atoms with van der Waals surface area (Å²) in [6, 6.07) is 10.8. The Kier molecular flexibility index (Phi) is 2.30. The topological polar surface area (TPSA) is 73.8 Å². The first kappa shape index (κ1) is 10.5.